The number of rotatable bonds is 6. The second kappa shape index (κ2) is 8.02. The Bertz CT molecular complexity index is 452. The van der Waals surface area contributed by atoms with E-state index in [4.69, 9.17) is 9.47 Å². The van der Waals surface area contributed by atoms with Crippen LogP contribution in [0, 0.1) is 5.82 Å². The van der Waals surface area contributed by atoms with E-state index in [9.17, 15) is 9.50 Å². The van der Waals surface area contributed by atoms with Crippen molar-refractivity contribution < 1.29 is 19.0 Å². The van der Waals surface area contributed by atoms with Gasteiger partial charge in [-0.3, -0.25) is 4.90 Å². The molecule has 0 bridgehead atoms. The Morgan fingerprint density at radius 3 is 2.64 bits per heavy atom. The van der Waals surface area contributed by atoms with E-state index in [2.05, 4.69) is 4.90 Å². The number of halogens is 1. The standard InChI is InChI=1S/C17H26FNO3/c1-12(2)21-11-16(20)9-19-8-13(3)22-17(10-19)14-4-6-15(18)7-5-14/h4-7,12-13,16-17,20H,8-11H2,1-3H3. The van der Waals surface area contributed by atoms with Gasteiger partial charge in [0, 0.05) is 19.6 Å². The van der Waals surface area contributed by atoms with Crippen LogP contribution >= 0.6 is 0 Å². The van der Waals surface area contributed by atoms with E-state index in [0.29, 0.717) is 19.7 Å². The van der Waals surface area contributed by atoms with Gasteiger partial charge >= 0.3 is 0 Å². The highest BCUT2D eigenvalue weighted by Crippen LogP contribution is 2.25. The van der Waals surface area contributed by atoms with Gasteiger partial charge < -0.3 is 14.6 Å². The highest BCUT2D eigenvalue weighted by Gasteiger charge is 2.27. The van der Waals surface area contributed by atoms with Crippen LogP contribution in [-0.2, 0) is 9.47 Å². The van der Waals surface area contributed by atoms with Gasteiger partial charge in [0.1, 0.15) is 5.82 Å². The van der Waals surface area contributed by atoms with Crippen LogP contribution in [0.3, 0.4) is 0 Å². The summed E-state index contributed by atoms with van der Waals surface area (Å²) in [4.78, 5) is 2.18. The van der Waals surface area contributed by atoms with Crippen LogP contribution in [-0.4, -0.2) is 54.6 Å². The zero-order valence-electron chi connectivity index (χ0n) is 13.5. The van der Waals surface area contributed by atoms with E-state index in [-0.39, 0.29) is 24.1 Å². The number of hydrogen-bond acceptors (Lipinski definition) is 4. The third kappa shape index (κ3) is 5.32. The van der Waals surface area contributed by atoms with E-state index in [1.54, 1.807) is 12.1 Å². The van der Waals surface area contributed by atoms with Crippen LogP contribution in [0.1, 0.15) is 32.4 Å². The van der Waals surface area contributed by atoms with Gasteiger partial charge in [0.05, 0.1) is 31.0 Å². The second-order valence-corrected chi connectivity index (χ2v) is 6.24. The molecule has 0 saturated carbocycles. The van der Waals surface area contributed by atoms with E-state index in [0.717, 1.165) is 12.1 Å². The lowest BCUT2D eigenvalue weighted by Gasteiger charge is -2.38. The first-order valence-corrected chi connectivity index (χ1v) is 7.87. The van der Waals surface area contributed by atoms with Crippen LogP contribution in [0.4, 0.5) is 4.39 Å². The van der Waals surface area contributed by atoms with Crippen LogP contribution in [0.5, 0.6) is 0 Å². The van der Waals surface area contributed by atoms with E-state index < -0.39 is 6.10 Å². The molecule has 0 amide bonds. The molecule has 2 rings (SSSR count). The minimum absolute atomic E-state index is 0.0713. The van der Waals surface area contributed by atoms with Crippen LogP contribution in [0.25, 0.3) is 0 Å². The Hall–Kier alpha value is -1.01. The molecule has 124 valence electrons. The van der Waals surface area contributed by atoms with Gasteiger partial charge in [0.2, 0.25) is 0 Å². The number of benzene rings is 1. The second-order valence-electron chi connectivity index (χ2n) is 6.24. The summed E-state index contributed by atoms with van der Waals surface area (Å²) in [6.07, 6.45) is -0.420. The first-order valence-electron chi connectivity index (χ1n) is 7.87. The largest absolute Gasteiger partial charge is 0.389 e. The molecule has 1 aromatic rings. The molecular weight excluding hydrogens is 285 g/mol. The minimum atomic E-state index is -0.512. The summed E-state index contributed by atoms with van der Waals surface area (Å²) >= 11 is 0. The molecule has 1 N–H and O–H groups in total. The lowest BCUT2D eigenvalue weighted by atomic mass is 10.1. The molecule has 1 aliphatic rings. The highest BCUT2D eigenvalue weighted by atomic mass is 19.1. The Morgan fingerprint density at radius 1 is 1.32 bits per heavy atom. The van der Waals surface area contributed by atoms with Gasteiger partial charge in [-0.2, -0.15) is 0 Å². The van der Waals surface area contributed by atoms with Crippen molar-refractivity contribution in [3.05, 3.63) is 35.6 Å². The topological polar surface area (TPSA) is 41.9 Å². The van der Waals surface area contributed by atoms with Gasteiger partial charge in [0.15, 0.2) is 0 Å². The molecule has 0 aliphatic carbocycles. The van der Waals surface area contributed by atoms with Crippen molar-refractivity contribution in [3.8, 4) is 0 Å². The maximum Gasteiger partial charge on any atom is 0.123 e. The van der Waals surface area contributed by atoms with Crippen molar-refractivity contribution in [1.82, 2.24) is 4.90 Å². The zero-order valence-corrected chi connectivity index (χ0v) is 13.5. The third-order valence-corrected chi connectivity index (χ3v) is 3.67. The zero-order chi connectivity index (χ0) is 16.1. The normalized spacial score (nSPS) is 24.6. The monoisotopic (exact) mass is 311 g/mol. The Balaban J connectivity index is 1.91. The first kappa shape index (κ1) is 17.3. The van der Waals surface area contributed by atoms with Gasteiger partial charge in [0.25, 0.3) is 0 Å². The van der Waals surface area contributed by atoms with Gasteiger partial charge in [-0.1, -0.05) is 12.1 Å². The lowest BCUT2D eigenvalue weighted by molar-refractivity contribution is -0.0933. The summed E-state index contributed by atoms with van der Waals surface area (Å²) in [6.45, 7) is 8.27. The fourth-order valence-electron chi connectivity index (χ4n) is 2.70. The molecule has 0 radical (unpaired) electrons. The van der Waals surface area contributed by atoms with Crippen LogP contribution in [0.15, 0.2) is 24.3 Å². The molecule has 5 heteroatoms. The van der Waals surface area contributed by atoms with Crippen molar-refractivity contribution >= 4 is 0 Å². The molecule has 0 spiro atoms. The number of nitrogens with zero attached hydrogens (tertiary/aromatic N) is 1. The van der Waals surface area contributed by atoms with Crippen molar-refractivity contribution in [2.24, 2.45) is 0 Å². The van der Waals surface area contributed by atoms with Gasteiger partial charge in [-0.05, 0) is 38.5 Å². The fourth-order valence-corrected chi connectivity index (χ4v) is 2.70. The Kier molecular flexibility index (Phi) is 6.32. The molecular formula is C17H26FNO3. The maximum absolute atomic E-state index is 13.0. The van der Waals surface area contributed by atoms with Crippen molar-refractivity contribution in [3.63, 3.8) is 0 Å². The summed E-state index contributed by atoms with van der Waals surface area (Å²) in [5.41, 5.74) is 0.964. The van der Waals surface area contributed by atoms with Crippen molar-refractivity contribution in [2.75, 3.05) is 26.2 Å². The molecule has 1 heterocycles. The van der Waals surface area contributed by atoms with Crippen molar-refractivity contribution in [2.45, 2.75) is 45.2 Å². The molecule has 3 unspecified atom stereocenters. The minimum Gasteiger partial charge on any atom is -0.389 e. The third-order valence-electron chi connectivity index (χ3n) is 3.67. The fraction of sp³-hybridized carbons (Fsp3) is 0.647. The SMILES string of the molecule is CC(C)OCC(O)CN1CC(C)OC(c2ccc(F)cc2)C1. The molecule has 22 heavy (non-hydrogen) atoms. The van der Waals surface area contributed by atoms with Gasteiger partial charge in [-0.15, -0.1) is 0 Å². The predicted octanol–water partition coefficient (Wildman–Crippen LogP) is 2.37. The molecule has 1 fully saturated rings. The summed E-state index contributed by atoms with van der Waals surface area (Å²) < 4.78 is 24.4. The Morgan fingerprint density at radius 2 is 2.00 bits per heavy atom. The van der Waals surface area contributed by atoms with E-state index in [1.807, 2.05) is 20.8 Å². The summed E-state index contributed by atoms with van der Waals surface area (Å²) in [6, 6.07) is 6.42. The Labute approximate surface area is 131 Å². The van der Waals surface area contributed by atoms with E-state index >= 15 is 0 Å². The maximum atomic E-state index is 13.0. The quantitative estimate of drug-likeness (QED) is 0.876. The average Bonchev–Trinajstić information content (AvgIpc) is 2.45. The average molecular weight is 311 g/mol. The van der Waals surface area contributed by atoms with Gasteiger partial charge in [-0.25, -0.2) is 4.39 Å². The first-order chi connectivity index (χ1) is 10.4. The number of β-amino-alcohol motifs (C(OH)–C–C–N with tert-alkyl or cyclic N) is 1. The number of morpholine rings is 1. The number of hydrogen-bond donors (Lipinski definition) is 1. The molecule has 1 aromatic carbocycles. The number of aliphatic hydroxyl groups excluding tert-OH is 1. The predicted molar refractivity (Wildman–Crippen MR) is 83.2 cm³/mol. The summed E-state index contributed by atoms with van der Waals surface area (Å²) in [7, 11) is 0. The molecule has 1 aliphatic heterocycles. The molecule has 4 nitrogen and oxygen atoms in total. The summed E-state index contributed by atoms with van der Waals surface area (Å²) in [5.74, 6) is -0.245. The molecule has 1 saturated heterocycles. The van der Waals surface area contributed by atoms with Crippen LogP contribution < -0.4 is 0 Å². The smallest absolute Gasteiger partial charge is 0.123 e. The molecule has 0 aromatic heterocycles. The number of ether oxygens (including phenoxy) is 2. The van der Waals surface area contributed by atoms with E-state index in [1.165, 1.54) is 12.1 Å². The number of aliphatic hydroxyl groups is 1. The lowest BCUT2D eigenvalue weighted by Crippen LogP contribution is -2.46. The van der Waals surface area contributed by atoms with Crippen molar-refractivity contribution in [1.29, 1.82) is 0 Å². The molecule has 3 atom stereocenters. The summed E-state index contributed by atoms with van der Waals surface area (Å²) in [5, 5.41) is 10.1. The van der Waals surface area contributed by atoms with Crippen LogP contribution in [0.2, 0.25) is 0 Å². The highest BCUT2D eigenvalue weighted by molar-refractivity contribution is 5.19.